The van der Waals surface area contributed by atoms with Crippen molar-refractivity contribution in [3.8, 4) is 5.75 Å². The van der Waals surface area contributed by atoms with Crippen LogP contribution in [0.1, 0.15) is 15.9 Å². The fourth-order valence-electron chi connectivity index (χ4n) is 2.21. The Kier molecular flexibility index (Phi) is 6.71. The Labute approximate surface area is 145 Å². The number of amides is 1. The first-order valence-corrected chi connectivity index (χ1v) is 7.71. The van der Waals surface area contributed by atoms with Crippen LogP contribution in [-0.4, -0.2) is 37.9 Å². The van der Waals surface area contributed by atoms with Gasteiger partial charge >= 0.3 is 5.97 Å². The Hall–Kier alpha value is -3.15. The van der Waals surface area contributed by atoms with Gasteiger partial charge in [0.25, 0.3) is 5.91 Å². The van der Waals surface area contributed by atoms with Crippen LogP contribution in [-0.2, 0) is 20.7 Å². The molecule has 0 fully saturated rings. The van der Waals surface area contributed by atoms with Gasteiger partial charge in [-0.25, -0.2) is 4.79 Å². The molecule has 0 radical (unpaired) electrons. The molecule has 2 aromatic rings. The van der Waals surface area contributed by atoms with E-state index in [0.717, 1.165) is 11.8 Å². The lowest BCUT2D eigenvalue weighted by Gasteiger charge is -2.17. The summed E-state index contributed by atoms with van der Waals surface area (Å²) in [6.07, 6.45) is 1.05. The number of aldehydes is 1. The lowest BCUT2D eigenvalue weighted by Crippen LogP contribution is -2.44. The zero-order chi connectivity index (χ0) is 18.1. The second-order valence-electron chi connectivity index (χ2n) is 5.31. The van der Waals surface area contributed by atoms with Gasteiger partial charge in [-0.1, -0.05) is 30.3 Å². The first kappa shape index (κ1) is 18.2. The highest BCUT2D eigenvalue weighted by atomic mass is 16.5. The topological polar surface area (TPSA) is 81.7 Å². The Morgan fingerprint density at radius 3 is 2.36 bits per heavy atom. The van der Waals surface area contributed by atoms with Crippen molar-refractivity contribution >= 4 is 18.2 Å². The molecule has 1 atom stereocenters. The summed E-state index contributed by atoms with van der Waals surface area (Å²) >= 11 is 0. The lowest BCUT2D eigenvalue weighted by molar-refractivity contribution is -0.145. The summed E-state index contributed by atoms with van der Waals surface area (Å²) in [6.45, 7) is -0.247. The summed E-state index contributed by atoms with van der Waals surface area (Å²) < 4.78 is 10.1. The summed E-state index contributed by atoms with van der Waals surface area (Å²) in [6, 6.07) is 14.9. The van der Waals surface area contributed by atoms with Crippen LogP contribution < -0.4 is 10.1 Å². The molecule has 0 aliphatic carbocycles. The maximum Gasteiger partial charge on any atom is 0.328 e. The maximum absolute atomic E-state index is 12.1. The van der Waals surface area contributed by atoms with E-state index >= 15 is 0 Å². The van der Waals surface area contributed by atoms with Crippen LogP contribution in [0.4, 0.5) is 0 Å². The Balaban J connectivity index is 1.91. The molecule has 0 unspecified atom stereocenters. The van der Waals surface area contributed by atoms with Crippen molar-refractivity contribution in [1.82, 2.24) is 5.32 Å². The highest BCUT2D eigenvalue weighted by Crippen LogP contribution is 2.11. The number of rotatable bonds is 8. The van der Waals surface area contributed by atoms with E-state index in [4.69, 9.17) is 9.47 Å². The summed E-state index contributed by atoms with van der Waals surface area (Å²) in [5.41, 5.74) is 1.42. The third-order valence-electron chi connectivity index (χ3n) is 3.49. The van der Waals surface area contributed by atoms with E-state index < -0.39 is 17.9 Å². The summed E-state index contributed by atoms with van der Waals surface area (Å²) in [7, 11) is 1.28. The number of methoxy groups -OCH3 is 1. The van der Waals surface area contributed by atoms with Crippen molar-refractivity contribution in [2.75, 3.05) is 13.7 Å². The van der Waals surface area contributed by atoms with Gasteiger partial charge in [0.05, 0.1) is 7.11 Å². The van der Waals surface area contributed by atoms with Crippen LogP contribution >= 0.6 is 0 Å². The number of carbonyl (C=O) groups is 3. The zero-order valence-corrected chi connectivity index (χ0v) is 13.8. The number of nitrogens with one attached hydrogen (secondary N) is 1. The van der Waals surface area contributed by atoms with Gasteiger partial charge in [-0.2, -0.15) is 0 Å². The molecular formula is C19H19NO5. The molecular weight excluding hydrogens is 322 g/mol. The van der Waals surface area contributed by atoms with Gasteiger partial charge in [-0.3, -0.25) is 9.59 Å². The molecule has 6 nitrogen and oxygen atoms in total. The van der Waals surface area contributed by atoms with E-state index in [0.29, 0.717) is 17.7 Å². The van der Waals surface area contributed by atoms with Crippen molar-refractivity contribution in [1.29, 1.82) is 0 Å². The van der Waals surface area contributed by atoms with Gasteiger partial charge in [0.15, 0.2) is 6.61 Å². The molecule has 130 valence electrons. The fraction of sp³-hybridized carbons (Fsp3) is 0.211. The quantitative estimate of drug-likeness (QED) is 0.585. The average molecular weight is 341 g/mol. The molecule has 2 rings (SSSR count). The van der Waals surface area contributed by atoms with E-state index in [9.17, 15) is 14.4 Å². The van der Waals surface area contributed by atoms with E-state index in [1.807, 2.05) is 30.3 Å². The summed E-state index contributed by atoms with van der Waals surface area (Å²) in [5.74, 6) is -0.503. The monoisotopic (exact) mass is 341 g/mol. The second-order valence-corrected chi connectivity index (χ2v) is 5.31. The Morgan fingerprint density at radius 1 is 1.08 bits per heavy atom. The molecule has 0 heterocycles. The predicted octanol–water partition coefficient (Wildman–Crippen LogP) is 1.78. The molecule has 1 amide bonds. The summed E-state index contributed by atoms with van der Waals surface area (Å²) in [5, 5.41) is 2.61. The second kappa shape index (κ2) is 9.22. The summed E-state index contributed by atoms with van der Waals surface area (Å²) in [4.78, 5) is 34.5. The molecule has 0 aromatic heterocycles. The van der Waals surface area contributed by atoms with Gasteiger partial charge in [-0.05, 0) is 29.8 Å². The van der Waals surface area contributed by atoms with Crippen LogP contribution in [0.2, 0.25) is 0 Å². The molecule has 1 N–H and O–H groups in total. The third-order valence-corrected chi connectivity index (χ3v) is 3.49. The molecule has 0 aliphatic heterocycles. The van der Waals surface area contributed by atoms with Gasteiger partial charge in [0.1, 0.15) is 18.1 Å². The van der Waals surface area contributed by atoms with Crippen molar-refractivity contribution in [3.05, 3.63) is 65.7 Å². The van der Waals surface area contributed by atoms with Gasteiger partial charge in [-0.15, -0.1) is 0 Å². The molecule has 25 heavy (non-hydrogen) atoms. The highest BCUT2D eigenvalue weighted by molar-refractivity contribution is 5.85. The van der Waals surface area contributed by atoms with Crippen LogP contribution in [0.3, 0.4) is 0 Å². The normalized spacial score (nSPS) is 11.2. The third kappa shape index (κ3) is 5.76. The molecule has 6 heteroatoms. The number of hydrogen-bond acceptors (Lipinski definition) is 5. The van der Waals surface area contributed by atoms with Gasteiger partial charge < -0.3 is 14.8 Å². The first-order chi connectivity index (χ1) is 12.1. The minimum Gasteiger partial charge on any atom is -0.484 e. The number of carbonyl (C=O) groups excluding carboxylic acids is 3. The van der Waals surface area contributed by atoms with E-state index in [1.165, 1.54) is 7.11 Å². The van der Waals surface area contributed by atoms with Crippen molar-refractivity contribution < 1.29 is 23.9 Å². The Bertz CT molecular complexity index is 712. The molecule has 0 saturated heterocycles. The molecule has 0 saturated carbocycles. The maximum atomic E-state index is 12.1. The standard InChI is InChI=1S/C19H19NO5/c1-24-19(23)17(11-14-5-3-2-4-6-14)20-18(22)13-25-16-9-7-15(12-21)8-10-16/h2-10,12,17H,11,13H2,1H3,(H,20,22)/t17-/m1/s1. The van der Waals surface area contributed by atoms with E-state index in [-0.39, 0.29) is 6.61 Å². The van der Waals surface area contributed by atoms with Crippen molar-refractivity contribution in [3.63, 3.8) is 0 Å². The Morgan fingerprint density at radius 2 is 1.76 bits per heavy atom. The largest absolute Gasteiger partial charge is 0.484 e. The smallest absolute Gasteiger partial charge is 0.328 e. The van der Waals surface area contributed by atoms with Crippen LogP contribution in [0.25, 0.3) is 0 Å². The number of esters is 1. The molecule has 0 aliphatic rings. The zero-order valence-electron chi connectivity index (χ0n) is 13.8. The van der Waals surface area contributed by atoms with Crippen LogP contribution in [0, 0.1) is 0 Å². The fourth-order valence-corrected chi connectivity index (χ4v) is 2.21. The highest BCUT2D eigenvalue weighted by Gasteiger charge is 2.22. The van der Waals surface area contributed by atoms with Gasteiger partial charge in [0, 0.05) is 12.0 Å². The minimum absolute atomic E-state index is 0.247. The number of hydrogen-bond donors (Lipinski definition) is 1. The van der Waals surface area contributed by atoms with Crippen LogP contribution in [0.15, 0.2) is 54.6 Å². The first-order valence-electron chi connectivity index (χ1n) is 7.71. The number of ether oxygens (including phenoxy) is 2. The van der Waals surface area contributed by atoms with Gasteiger partial charge in [0.2, 0.25) is 0 Å². The number of benzene rings is 2. The average Bonchev–Trinajstić information content (AvgIpc) is 2.66. The van der Waals surface area contributed by atoms with E-state index in [2.05, 4.69) is 5.32 Å². The van der Waals surface area contributed by atoms with Crippen molar-refractivity contribution in [2.45, 2.75) is 12.5 Å². The van der Waals surface area contributed by atoms with E-state index in [1.54, 1.807) is 24.3 Å². The van der Waals surface area contributed by atoms with Crippen LogP contribution in [0.5, 0.6) is 5.75 Å². The van der Waals surface area contributed by atoms with Crippen molar-refractivity contribution in [2.24, 2.45) is 0 Å². The SMILES string of the molecule is COC(=O)[C@@H](Cc1ccccc1)NC(=O)COc1ccc(C=O)cc1. The molecule has 0 bridgehead atoms. The lowest BCUT2D eigenvalue weighted by atomic mass is 10.1. The minimum atomic E-state index is -0.791. The molecule has 2 aromatic carbocycles. The molecule has 0 spiro atoms. The predicted molar refractivity (Wildman–Crippen MR) is 91.4 cm³/mol.